The molecule has 0 amide bonds. The van der Waals surface area contributed by atoms with Crippen molar-refractivity contribution in [3.05, 3.63) is 48.6 Å². The van der Waals surface area contributed by atoms with E-state index >= 15 is 0 Å². The SMILES string of the molecule is CC/C=C\C=C\CCCCCCCC(=O)O.CCC=CC=CCCCCCCOC(C)=O. The van der Waals surface area contributed by atoms with E-state index in [4.69, 9.17) is 9.84 Å². The van der Waals surface area contributed by atoms with Gasteiger partial charge < -0.3 is 9.84 Å². The van der Waals surface area contributed by atoms with Crippen molar-refractivity contribution in [1.29, 1.82) is 0 Å². The van der Waals surface area contributed by atoms with Gasteiger partial charge in [0.2, 0.25) is 0 Å². The number of carbonyl (C=O) groups is 2. The van der Waals surface area contributed by atoms with Crippen molar-refractivity contribution in [1.82, 2.24) is 0 Å². The second-order valence-electron chi connectivity index (χ2n) is 7.77. The third-order valence-electron chi connectivity index (χ3n) is 4.57. The van der Waals surface area contributed by atoms with Gasteiger partial charge in [-0.1, -0.05) is 94.6 Å². The van der Waals surface area contributed by atoms with Gasteiger partial charge in [-0.25, -0.2) is 0 Å². The van der Waals surface area contributed by atoms with Crippen LogP contribution in [-0.4, -0.2) is 23.7 Å². The number of carbonyl (C=O) groups excluding carboxylic acids is 1. The van der Waals surface area contributed by atoms with Crippen LogP contribution < -0.4 is 0 Å². The van der Waals surface area contributed by atoms with Gasteiger partial charge >= 0.3 is 11.9 Å². The lowest BCUT2D eigenvalue weighted by atomic mass is 10.1. The Bertz CT molecular complexity index is 482. The van der Waals surface area contributed by atoms with E-state index in [1.165, 1.54) is 32.6 Å². The van der Waals surface area contributed by atoms with Gasteiger partial charge in [0, 0.05) is 13.3 Å². The van der Waals surface area contributed by atoms with Gasteiger partial charge in [0.15, 0.2) is 0 Å². The molecule has 0 atom stereocenters. The Morgan fingerprint density at radius 3 is 1.56 bits per heavy atom. The summed E-state index contributed by atoms with van der Waals surface area (Å²) in [5.74, 6) is -0.851. The molecule has 32 heavy (non-hydrogen) atoms. The molecule has 0 heterocycles. The molecule has 0 aromatic rings. The molecule has 0 radical (unpaired) electrons. The van der Waals surface area contributed by atoms with Crippen LogP contribution in [0.15, 0.2) is 48.6 Å². The Kier molecular flexibility index (Phi) is 29.0. The van der Waals surface area contributed by atoms with Crippen molar-refractivity contribution in [2.24, 2.45) is 0 Å². The monoisotopic (exact) mass is 448 g/mol. The van der Waals surface area contributed by atoms with E-state index in [0.29, 0.717) is 13.0 Å². The first kappa shape index (κ1) is 32.1. The molecular formula is C28H48O4. The highest BCUT2D eigenvalue weighted by atomic mass is 16.5. The summed E-state index contributed by atoms with van der Waals surface area (Å²) in [5.41, 5.74) is 0. The number of rotatable bonds is 19. The smallest absolute Gasteiger partial charge is 0.303 e. The van der Waals surface area contributed by atoms with Crippen molar-refractivity contribution in [2.45, 2.75) is 111 Å². The van der Waals surface area contributed by atoms with Crippen LogP contribution in [0, 0.1) is 0 Å². The first-order valence-electron chi connectivity index (χ1n) is 12.5. The van der Waals surface area contributed by atoms with E-state index in [2.05, 4.69) is 62.5 Å². The zero-order valence-corrected chi connectivity index (χ0v) is 20.9. The maximum atomic E-state index is 10.5. The topological polar surface area (TPSA) is 63.6 Å². The number of carboxylic acids is 1. The molecule has 0 fully saturated rings. The van der Waals surface area contributed by atoms with E-state index < -0.39 is 5.97 Å². The van der Waals surface area contributed by atoms with E-state index in [1.54, 1.807) is 0 Å². The summed E-state index contributed by atoms with van der Waals surface area (Å²) < 4.78 is 4.85. The van der Waals surface area contributed by atoms with E-state index in [0.717, 1.165) is 57.8 Å². The maximum Gasteiger partial charge on any atom is 0.303 e. The van der Waals surface area contributed by atoms with Crippen molar-refractivity contribution < 1.29 is 19.4 Å². The van der Waals surface area contributed by atoms with Crippen LogP contribution in [0.25, 0.3) is 0 Å². The Morgan fingerprint density at radius 2 is 1.09 bits per heavy atom. The molecule has 0 aliphatic carbocycles. The molecule has 184 valence electrons. The summed E-state index contributed by atoms with van der Waals surface area (Å²) in [5, 5.41) is 8.44. The number of unbranched alkanes of at least 4 members (excludes halogenated alkanes) is 9. The molecule has 0 spiro atoms. The molecule has 0 unspecified atom stereocenters. The molecule has 0 aromatic heterocycles. The van der Waals surface area contributed by atoms with Gasteiger partial charge in [0.05, 0.1) is 6.61 Å². The molecule has 0 saturated heterocycles. The lowest BCUT2D eigenvalue weighted by molar-refractivity contribution is -0.141. The molecule has 0 bridgehead atoms. The molecular weight excluding hydrogens is 400 g/mol. The van der Waals surface area contributed by atoms with Gasteiger partial charge in [0.1, 0.15) is 0 Å². The minimum absolute atomic E-state index is 0.175. The van der Waals surface area contributed by atoms with Gasteiger partial charge in [-0.2, -0.15) is 0 Å². The van der Waals surface area contributed by atoms with Gasteiger partial charge in [-0.05, 0) is 51.4 Å². The van der Waals surface area contributed by atoms with Crippen molar-refractivity contribution in [3.63, 3.8) is 0 Å². The molecule has 4 heteroatoms. The Labute approximate surface area is 197 Å². The Hall–Kier alpha value is -2.10. The van der Waals surface area contributed by atoms with Crippen molar-refractivity contribution in [3.8, 4) is 0 Å². The fourth-order valence-electron chi connectivity index (χ4n) is 2.78. The first-order valence-corrected chi connectivity index (χ1v) is 12.5. The minimum Gasteiger partial charge on any atom is -0.481 e. The lowest BCUT2D eigenvalue weighted by Crippen LogP contribution is -1.99. The molecule has 0 saturated carbocycles. The Morgan fingerprint density at radius 1 is 0.656 bits per heavy atom. The highest BCUT2D eigenvalue weighted by Crippen LogP contribution is 2.07. The van der Waals surface area contributed by atoms with Crippen LogP contribution in [0.1, 0.15) is 111 Å². The average molecular weight is 449 g/mol. The molecule has 0 aromatic carbocycles. The van der Waals surface area contributed by atoms with E-state index in [1.807, 2.05) is 0 Å². The fraction of sp³-hybridized carbons (Fsp3) is 0.643. The normalized spacial score (nSPS) is 11.5. The second-order valence-corrected chi connectivity index (χ2v) is 7.77. The summed E-state index contributed by atoms with van der Waals surface area (Å²) in [6, 6.07) is 0. The molecule has 1 N–H and O–H groups in total. The van der Waals surface area contributed by atoms with Gasteiger partial charge in [-0.3, -0.25) is 9.59 Å². The van der Waals surface area contributed by atoms with Gasteiger partial charge in [0.25, 0.3) is 0 Å². The number of hydrogen-bond acceptors (Lipinski definition) is 3. The van der Waals surface area contributed by atoms with Crippen LogP contribution >= 0.6 is 0 Å². The highest BCUT2D eigenvalue weighted by Gasteiger charge is 1.95. The van der Waals surface area contributed by atoms with Crippen LogP contribution in [0.4, 0.5) is 0 Å². The largest absolute Gasteiger partial charge is 0.481 e. The lowest BCUT2D eigenvalue weighted by Gasteiger charge is -2.00. The minimum atomic E-state index is -0.675. The standard InChI is InChI=1S/2C14H24O2/c1-3-4-5-6-7-8-9-10-11-12-13-16-14(2)15;1-2-3-4-5-6-7-8-9-10-11-12-13-14(15)16/h4-7H,3,8-13H2,1-2H3;3-6H,2,7-13H2,1H3,(H,15,16)/b;4-3-,6-5+. The zero-order chi connectivity index (χ0) is 24.1. The van der Waals surface area contributed by atoms with Crippen molar-refractivity contribution in [2.75, 3.05) is 6.61 Å². The predicted octanol–water partition coefficient (Wildman–Crippen LogP) is 8.35. The quantitative estimate of drug-likeness (QED) is 0.122. The summed E-state index contributed by atoms with van der Waals surface area (Å²) in [6.07, 6.45) is 31.9. The zero-order valence-electron chi connectivity index (χ0n) is 20.9. The fourth-order valence-corrected chi connectivity index (χ4v) is 2.78. The first-order chi connectivity index (χ1) is 15.5. The summed E-state index contributed by atoms with van der Waals surface area (Å²) in [4.78, 5) is 20.7. The summed E-state index contributed by atoms with van der Waals surface area (Å²) in [7, 11) is 0. The summed E-state index contributed by atoms with van der Waals surface area (Å²) >= 11 is 0. The number of hydrogen-bond donors (Lipinski definition) is 1. The molecule has 0 aliphatic rings. The van der Waals surface area contributed by atoms with Gasteiger partial charge in [-0.15, -0.1) is 0 Å². The maximum absolute atomic E-state index is 10.5. The average Bonchev–Trinajstić information content (AvgIpc) is 2.76. The van der Waals surface area contributed by atoms with Crippen LogP contribution in [0.3, 0.4) is 0 Å². The third-order valence-corrected chi connectivity index (χ3v) is 4.57. The van der Waals surface area contributed by atoms with Crippen LogP contribution in [-0.2, 0) is 14.3 Å². The van der Waals surface area contributed by atoms with E-state index in [9.17, 15) is 9.59 Å². The van der Waals surface area contributed by atoms with Crippen LogP contribution in [0.5, 0.6) is 0 Å². The number of carboxylic acid groups (broad SMARTS) is 1. The highest BCUT2D eigenvalue weighted by molar-refractivity contribution is 5.66. The van der Waals surface area contributed by atoms with Crippen LogP contribution in [0.2, 0.25) is 0 Å². The number of ether oxygens (including phenoxy) is 1. The number of aliphatic carboxylic acids is 1. The second kappa shape index (κ2) is 28.9. The summed E-state index contributed by atoms with van der Waals surface area (Å²) in [6.45, 7) is 6.29. The number of esters is 1. The molecule has 0 rings (SSSR count). The predicted molar refractivity (Wildman–Crippen MR) is 137 cm³/mol. The molecule has 4 nitrogen and oxygen atoms in total. The Balaban J connectivity index is 0. The third kappa shape index (κ3) is 35.3. The number of allylic oxidation sites excluding steroid dienone is 8. The molecule has 0 aliphatic heterocycles. The van der Waals surface area contributed by atoms with Crippen molar-refractivity contribution >= 4 is 11.9 Å². The van der Waals surface area contributed by atoms with E-state index in [-0.39, 0.29) is 5.97 Å².